The fourth-order valence-corrected chi connectivity index (χ4v) is 2.50. The van der Waals surface area contributed by atoms with Crippen LogP contribution in [0.25, 0.3) is 10.8 Å². The number of hydrogen-bond donors (Lipinski definition) is 1. The van der Waals surface area contributed by atoms with Crippen LogP contribution in [0.15, 0.2) is 65.5 Å². The van der Waals surface area contributed by atoms with Gasteiger partial charge in [-0.3, -0.25) is 4.79 Å². The van der Waals surface area contributed by atoms with Crippen LogP contribution < -0.4 is 10.3 Å². The van der Waals surface area contributed by atoms with Crippen LogP contribution >= 0.6 is 0 Å². The molecule has 0 fully saturated rings. The van der Waals surface area contributed by atoms with Crippen molar-refractivity contribution in [2.45, 2.75) is 13.3 Å². The second-order valence-corrected chi connectivity index (χ2v) is 5.29. The molecule has 0 aliphatic heterocycles. The number of esters is 1. The smallest absolute Gasteiger partial charge is 0.335 e. The molecule has 2 aromatic carbocycles. The Morgan fingerprint density at radius 1 is 1.17 bits per heavy atom. The van der Waals surface area contributed by atoms with Crippen molar-refractivity contribution >= 4 is 16.7 Å². The van der Waals surface area contributed by atoms with Crippen LogP contribution in [0.4, 0.5) is 0 Å². The van der Waals surface area contributed by atoms with Crippen LogP contribution in [0, 0.1) is 0 Å². The SMILES string of the molecule is C/C=C/C(=O)Oc1cccc(Cc2n[nH]c(=O)c3ccccc23)c1. The number of ether oxygens (including phenoxy) is 1. The number of fused-ring (bicyclic) bond motifs is 1. The predicted octanol–water partition coefficient (Wildman–Crippen LogP) is 3.00. The molecular formula is C19H16N2O3. The largest absolute Gasteiger partial charge is 0.423 e. The zero-order valence-electron chi connectivity index (χ0n) is 13.2. The van der Waals surface area contributed by atoms with E-state index < -0.39 is 5.97 Å². The van der Waals surface area contributed by atoms with Gasteiger partial charge in [0.15, 0.2) is 0 Å². The van der Waals surface area contributed by atoms with Crippen molar-refractivity contribution in [3.63, 3.8) is 0 Å². The number of rotatable bonds is 4. The van der Waals surface area contributed by atoms with Crippen LogP contribution in [-0.2, 0) is 11.2 Å². The summed E-state index contributed by atoms with van der Waals surface area (Å²) in [6.07, 6.45) is 3.51. The van der Waals surface area contributed by atoms with E-state index >= 15 is 0 Å². The Hall–Kier alpha value is -3.21. The molecule has 3 aromatic rings. The second-order valence-electron chi connectivity index (χ2n) is 5.29. The van der Waals surface area contributed by atoms with Crippen LogP contribution in [0.3, 0.4) is 0 Å². The summed E-state index contributed by atoms with van der Waals surface area (Å²) in [6, 6.07) is 14.6. The molecule has 0 amide bonds. The third-order valence-corrected chi connectivity index (χ3v) is 3.57. The van der Waals surface area contributed by atoms with Gasteiger partial charge in [-0.15, -0.1) is 0 Å². The Bertz CT molecular complexity index is 974. The minimum Gasteiger partial charge on any atom is -0.423 e. The zero-order chi connectivity index (χ0) is 16.9. The lowest BCUT2D eigenvalue weighted by Gasteiger charge is -2.07. The van der Waals surface area contributed by atoms with Gasteiger partial charge in [0.05, 0.1) is 11.1 Å². The zero-order valence-corrected chi connectivity index (χ0v) is 13.2. The van der Waals surface area contributed by atoms with Crippen molar-refractivity contribution < 1.29 is 9.53 Å². The van der Waals surface area contributed by atoms with E-state index in [0.717, 1.165) is 16.6 Å². The van der Waals surface area contributed by atoms with E-state index in [4.69, 9.17) is 4.74 Å². The van der Waals surface area contributed by atoms with E-state index in [1.807, 2.05) is 30.3 Å². The lowest BCUT2D eigenvalue weighted by Crippen LogP contribution is -2.11. The molecule has 0 spiro atoms. The first kappa shape index (κ1) is 15.7. The Morgan fingerprint density at radius 3 is 2.75 bits per heavy atom. The molecule has 120 valence electrons. The molecule has 1 heterocycles. The number of carbonyl (C=O) groups is 1. The first-order valence-corrected chi connectivity index (χ1v) is 7.57. The summed E-state index contributed by atoms with van der Waals surface area (Å²) >= 11 is 0. The van der Waals surface area contributed by atoms with E-state index in [1.165, 1.54) is 6.08 Å². The molecule has 0 bridgehead atoms. The number of H-pyrrole nitrogens is 1. The summed E-state index contributed by atoms with van der Waals surface area (Å²) in [5.74, 6) is 0.0617. The van der Waals surface area contributed by atoms with Gasteiger partial charge in [-0.2, -0.15) is 5.10 Å². The van der Waals surface area contributed by atoms with E-state index in [-0.39, 0.29) is 5.56 Å². The number of aromatic amines is 1. The molecule has 3 rings (SSSR count). The topological polar surface area (TPSA) is 72.0 Å². The van der Waals surface area contributed by atoms with E-state index in [9.17, 15) is 9.59 Å². The van der Waals surface area contributed by atoms with Gasteiger partial charge >= 0.3 is 5.97 Å². The van der Waals surface area contributed by atoms with Crippen molar-refractivity contribution in [3.8, 4) is 5.75 Å². The van der Waals surface area contributed by atoms with Crippen molar-refractivity contribution in [1.29, 1.82) is 0 Å². The molecular weight excluding hydrogens is 304 g/mol. The monoisotopic (exact) mass is 320 g/mol. The van der Waals surface area contributed by atoms with Gasteiger partial charge in [0, 0.05) is 17.9 Å². The average molecular weight is 320 g/mol. The first-order valence-electron chi connectivity index (χ1n) is 7.57. The van der Waals surface area contributed by atoms with Gasteiger partial charge in [0.2, 0.25) is 0 Å². The van der Waals surface area contributed by atoms with E-state index in [0.29, 0.717) is 17.6 Å². The van der Waals surface area contributed by atoms with Crippen LogP contribution in [0.2, 0.25) is 0 Å². The Morgan fingerprint density at radius 2 is 1.96 bits per heavy atom. The van der Waals surface area contributed by atoms with Crippen LogP contribution in [0.1, 0.15) is 18.2 Å². The summed E-state index contributed by atoms with van der Waals surface area (Å²) < 4.78 is 5.24. The fraction of sp³-hybridized carbons (Fsp3) is 0.105. The maximum Gasteiger partial charge on any atom is 0.335 e. The molecule has 0 saturated heterocycles. The van der Waals surface area contributed by atoms with Gasteiger partial charge in [-0.25, -0.2) is 9.89 Å². The normalized spacial score (nSPS) is 11.0. The molecule has 0 radical (unpaired) electrons. The van der Waals surface area contributed by atoms with Crippen molar-refractivity contribution in [3.05, 3.63) is 82.3 Å². The number of nitrogens with zero attached hydrogens (tertiary/aromatic N) is 1. The highest BCUT2D eigenvalue weighted by Gasteiger charge is 2.08. The number of aromatic nitrogens is 2. The minimum atomic E-state index is -0.415. The van der Waals surface area contributed by atoms with Gasteiger partial charge in [0.1, 0.15) is 5.75 Å². The Balaban J connectivity index is 1.91. The summed E-state index contributed by atoms with van der Waals surface area (Å²) in [5.41, 5.74) is 1.50. The molecule has 0 atom stereocenters. The fourth-order valence-electron chi connectivity index (χ4n) is 2.50. The molecule has 0 aliphatic rings. The number of carbonyl (C=O) groups excluding carboxylic acids is 1. The van der Waals surface area contributed by atoms with Gasteiger partial charge in [-0.1, -0.05) is 36.4 Å². The molecule has 1 aromatic heterocycles. The standard InChI is InChI=1S/C19H16N2O3/c1-2-6-18(22)24-14-8-5-7-13(11-14)12-17-15-9-3-4-10-16(15)19(23)21-20-17/h2-11H,12H2,1H3,(H,21,23)/b6-2+. The molecule has 24 heavy (non-hydrogen) atoms. The molecule has 0 saturated carbocycles. The van der Waals surface area contributed by atoms with Crippen LogP contribution in [-0.4, -0.2) is 16.2 Å². The average Bonchev–Trinajstić information content (AvgIpc) is 2.58. The highest BCUT2D eigenvalue weighted by atomic mass is 16.5. The molecule has 5 nitrogen and oxygen atoms in total. The summed E-state index contributed by atoms with van der Waals surface area (Å²) in [5, 5.41) is 8.12. The molecule has 5 heteroatoms. The maximum absolute atomic E-state index is 11.8. The quantitative estimate of drug-likeness (QED) is 0.456. The molecule has 1 N–H and O–H groups in total. The summed E-state index contributed by atoms with van der Waals surface area (Å²) in [6.45, 7) is 1.75. The lowest BCUT2D eigenvalue weighted by molar-refractivity contribution is -0.129. The Kier molecular flexibility index (Phi) is 4.52. The highest BCUT2D eigenvalue weighted by Crippen LogP contribution is 2.19. The number of benzene rings is 2. The van der Waals surface area contributed by atoms with E-state index in [1.54, 1.807) is 31.2 Å². The number of hydrogen-bond acceptors (Lipinski definition) is 4. The van der Waals surface area contributed by atoms with Crippen molar-refractivity contribution in [2.24, 2.45) is 0 Å². The third kappa shape index (κ3) is 3.41. The van der Waals surface area contributed by atoms with E-state index in [2.05, 4.69) is 10.2 Å². The highest BCUT2D eigenvalue weighted by molar-refractivity contribution is 5.84. The second kappa shape index (κ2) is 6.91. The first-order chi connectivity index (χ1) is 11.7. The third-order valence-electron chi connectivity index (χ3n) is 3.57. The lowest BCUT2D eigenvalue weighted by atomic mass is 10.0. The molecule has 0 unspecified atom stereocenters. The predicted molar refractivity (Wildman–Crippen MR) is 92.1 cm³/mol. The van der Waals surface area contributed by atoms with Crippen molar-refractivity contribution in [2.75, 3.05) is 0 Å². The number of nitrogens with one attached hydrogen (secondary N) is 1. The summed E-state index contributed by atoms with van der Waals surface area (Å²) in [4.78, 5) is 23.4. The maximum atomic E-state index is 11.8. The Labute approximate surface area is 138 Å². The summed E-state index contributed by atoms with van der Waals surface area (Å²) in [7, 11) is 0. The van der Waals surface area contributed by atoms with Crippen molar-refractivity contribution in [1.82, 2.24) is 10.2 Å². The van der Waals surface area contributed by atoms with Gasteiger partial charge in [-0.05, 0) is 30.7 Å². The van der Waals surface area contributed by atoms with Gasteiger partial charge < -0.3 is 4.74 Å². The molecule has 0 aliphatic carbocycles. The van der Waals surface area contributed by atoms with Crippen LogP contribution in [0.5, 0.6) is 5.75 Å². The van der Waals surface area contributed by atoms with Gasteiger partial charge in [0.25, 0.3) is 5.56 Å². The number of allylic oxidation sites excluding steroid dienone is 1. The minimum absolute atomic E-state index is 0.205.